The Morgan fingerprint density at radius 1 is 0.812 bits per heavy atom. The summed E-state index contributed by atoms with van der Waals surface area (Å²) < 4.78 is 0. The Hall–Kier alpha value is 0.0200. The standard InChI is InChI=1S/C14H28OS/c1-3-4-5-6-7-8-9-10-11-12-13-16-14(2)15/h3-13H2,1-2H3. The van der Waals surface area contributed by atoms with Gasteiger partial charge in [-0.25, -0.2) is 0 Å². The molecule has 0 aliphatic rings. The summed E-state index contributed by atoms with van der Waals surface area (Å²) in [5, 5.41) is 0.260. The number of carbonyl (C=O) groups is 1. The van der Waals surface area contributed by atoms with Crippen molar-refractivity contribution in [2.24, 2.45) is 0 Å². The smallest absolute Gasteiger partial charge is 0.185 e. The van der Waals surface area contributed by atoms with Crippen LogP contribution in [-0.2, 0) is 4.79 Å². The van der Waals surface area contributed by atoms with Crippen LogP contribution < -0.4 is 0 Å². The van der Waals surface area contributed by atoms with Gasteiger partial charge in [0.1, 0.15) is 0 Å². The average Bonchev–Trinajstić information content (AvgIpc) is 2.25. The van der Waals surface area contributed by atoms with Crippen LogP contribution in [0, 0.1) is 0 Å². The first-order valence-electron chi connectivity index (χ1n) is 6.90. The number of unbranched alkanes of at least 4 members (excludes halogenated alkanes) is 9. The number of thioether (sulfide) groups is 1. The van der Waals surface area contributed by atoms with Gasteiger partial charge >= 0.3 is 0 Å². The molecule has 16 heavy (non-hydrogen) atoms. The van der Waals surface area contributed by atoms with Crippen LogP contribution in [0.2, 0.25) is 0 Å². The highest BCUT2D eigenvalue weighted by Crippen LogP contribution is 2.12. The summed E-state index contributed by atoms with van der Waals surface area (Å²) in [5.41, 5.74) is 0. The molecule has 0 aliphatic carbocycles. The predicted octanol–water partition coefficient (Wildman–Crippen LogP) is 5.19. The van der Waals surface area contributed by atoms with E-state index in [1.165, 1.54) is 76.0 Å². The molecule has 0 aromatic heterocycles. The van der Waals surface area contributed by atoms with Crippen LogP contribution in [0.1, 0.15) is 78.1 Å². The largest absolute Gasteiger partial charge is 0.288 e. The van der Waals surface area contributed by atoms with E-state index in [-0.39, 0.29) is 5.12 Å². The molecule has 0 atom stereocenters. The van der Waals surface area contributed by atoms with Gasteiger partial charge in [-0.3, -0.25) is 4.79 Å². The van der Waals surface area contributed by atoms with Gasteiger partial charge < -0.3 is 0 Å². The van der Waals surface area contributed by atoms with Crippen molar-refractivity contribution in [3.63, 3.8) is 0 Å². The van der Waals surface area contributed by atoms with Crippen molar-refractivity contribution in [2.45, 2.75) is 78.1 Å². The molecule has 0 saturated heterocycles. The quantitative estimate of drug-likeness (QED) is 0.465. The highest BCUT2D eigenvalue weighted by Gasteiger charge is 1.95. The van der Waals surface area contributed by atoms with Crippen LogP contribution in [-0.4, -0.2) is 10.9 Å². The monoisotopic (exact) mass is 244 g/mol. The maximum Gasteiger partial charge on any atom is 0.185 e. The molecule has 0 amide bonds. The molecule has 0 N–H and O–H groups in total. The van der Waals surface area contributed by atoms with Crippen molar-refractivity contribution in [3.05, 3.63) is 0 Å². The van der Waals surface area contributed by atoms with Crippen molar-refractivity contribution in [1.82, 2.24) is 0 Å². The summed E-state index contributed by atoms with van der Waals surface area (Å²) in [6, 6.07) is 0. The molecule has 0 spiro atoms. The van der Waals surface area contributed by atoms with Crippen LogP contribution >= 0.6 is 11.8 Å². The van der Waals surface area contributed by atoms with Gasteiger partial charge in [0.25, 0.3) is 0 Å². The van der Waals surface area contributed by atoms with E-state index in [9.17, 15) is 4.79 Å². The molecule has 0 aromatic rings. The van der Waals surface area contributed by atoms with Crippen LogP contribution in [0.25, 0.3) is 0 Å². The molecular formula is C14H28OS. The average molecular weight is 244 g/mol. The van der Waals surface area contributed by atoms with Gasteiger partial charge in [-0.2, -0.15) is 0 Å². The zero-order chi connectivity index (χ0) is 12.1. The number of hydrogen-bond acceptors (Lipinski definition) is 2. The Balaban J connectivity index is 2.90. The lowest BCUT2D eigenvalue weighted by atomic mass is 10.1. The first-order valence-corrected chi connectivity index (χ1v) is 7.89. The van der Waals surface area contributed by atoms with E-state index in [0.29, 0.717) is 0 Å². The normalized spacial score (nSPS) is 10.6. The fourth-order valence-electron chi connectivity index (χ4n) is 1.81. The van der Waals surface area contributed by atoms with Crippen molar-refractivity contribution >= 4 is 16.9 Å². The molecule has 1 nitrogen and oxygen atoms in total. The molecule has 0 bridgehead atoms. The van der Waals surface area contributed by atoms with E-state index in [2.05, 4.69) is 6.92 Å². The van der Waals surface area contributed by atoms with E-state index in [1.807, 2.05) is 0 Å². The summed E-state index contributed by atoms with van der Waals surface area (Å²) >= 11 is 1.47. The van der Waals surface area contributed by atoms with Gasteiger partial charge in [-0.05, 0) is 6.42 Å². The molecule has 0 unspecified atom stereocenters. The topological polar surface area (TPSA) is 17.1 Å². The fraction of sp³-hybridized carbons (Fsp3) is 0.929. The lowest BCUT2D eigenvalue weighted by molar-refractivity contribution is -0.109. The summed E-state index contributed by atoms with van der Waals surface area (Å²) in [4.78, 5) is 10.7. The number of carbonyl (C=O) groups excluding carboxylic acids is 1. The van der Waals surface area contributed by atoms with E-state index in [0.717, 1.165) is 5.75 Å². The van der Waals surface area contributed by atoms with Crippen molar-refractivity contribution in [3.8, 4) is 0 Å². The Morgan fingerprint density at radius 2 is 1.25 bits per heavy atom. The third kappa shape index (κ3) is 14.0. The van der Waals surface area contributed by atoms with Gasteiger partial charge in [-0.1, -0.05) is 76.5 Å². The van der Waals surface area contributed by atoms with Crippen LogP contribution in [0.5, 0.6) is 0 Å². The molecule has 0 heterocycles. The Bertz CT molecular complexity index is 157. The molecule has 0 saturated carbocycles. The minimum Gasteiger partial charge on any atom is -0.288 e. The number of hydrogen-bond donors (Lipinski definition) is 0. The molecule has 0 aromatic carbocycles. The first kappa shape index (κ1) is 16.0. The van der Waals surface area contributed by atoms with Crippen molar-refractivity contribution in [2.75, 3.05) is 5.75 Å². The van der Waals surface area contributed by atoms with Crippen molar-refractivity contribution in [1.29, 1.82) is 0 Å². The molecule has 0 radical (unpaired) electrons. The van der Waals surface area contributed by atoms with Gasteiger partial charge in [0, 0.05) is 12.7 Å². The molecule has 2 heteroatoms. The van der Waals surface area contributed by atoms with Crippen molar-refractivity contribution < 1.29 is 4.79 Å². The SMILES string of the molecule is CCCCCCCCCCCCSC(C)=O. The summed E-state index contributed by atoms with van der Waals surface area (Å²) in [5.74, 6) is 1.02. The predicted molar refractivity (Wildman–Crippen MR) is 75.0 cm³/mol. The highest BCUT2D eigenvalue weighted by atomic mass is 32.2. The summed E-state index contributed by atoms with van der Waals surface area (Å²) in [7, 11) is 0. The third-order valence-corrected chi connectivity index (χ3v) is 3.70. The fourth-order valence-corrected chi connectivity index (χ4v) is 2.44. The summed E-state index contributed by atoms with van der Waals surface area (Å²) in [6.45, 7) is 3.92. The lowest BCUT2D eigenvalue weighted by Crippen LogP contribution is -1.87. The van der Waals surface area contributed by atoms with Crippen LogP contribution in [0.4, 0.5) is 0 Å². The van der Waals surface area contributed by atoms with Gasteiger partial charge in [0.15, 0.2) is 5.12 Å². The molecule has 0 fully saturated rings. The van der Waals surface area contributed by atoms with E-state index >= 15 is 0 Å². The highest BCUT2D eigenvalue weighted by molar-refractivity contribution is 8.13. The Morgan fingerprint density at radius 3 is 1.69 bits per heavy atom. The molecular weight excluding hydrogens is 216 g/mol. The first-order chi connectivity index (χ1) is 7.77. The molecule has 96 valence electrons. The second kappa shape index (κ2) is 13.1. The van der Waals surface area contributed by atoms with E-state index in [1.54, 1.807) is 6.92 Å². The number of rotatable bonds is 11. The van der Waals surface area contributed by atoms with Gasteiger partial charge in [-0.15, -0.1) is 0 Å². The minimum atomic E-state index is 0.260. The second-order valence-corrected chi connectivity index (χ2v) is 5.79. The minimum absolute atomic E-state index is 0.260. The lowest BCUT2D eigenvalue weighted by Gasteiger charge is -2.01. The van der Waals surface area contributed by atoms with Crippen LogP contribution in [0.3, 0.4) is 0 Å². The Labute approximate surface area is 106 Å². The third-order valence-electron chi connectivity index (χ3n) is 2.80. The zero-order valence-corrected chi connectivity index (χ0v) is 11.9. The van der Waals surface area contributed by atoms with E-state index < -0.39 is 0 Å². The summed E-state index contributed by atoms with van der Waals surface area (Å²) in [6.07, 6.45) is 13.7. The maximum atomic E-state index is 10.7. The molecule has 0 rings (SSSR count). The van der Waals surface area contributed by atoms with Crippen LogP contribution in [0.15, 0.2) is 0 Å². The zero-order valence-electron chi connectivity index (χ0n) is 11.1. The van der Waals surface area contributed by atoms with Gasteiger partial charge in [0.2, 0.25) is 0 Å². The second-order valence-electron chi connectivity index (χ2n) is 4.52. The maximum absolute atomic E-state index is 10.7. The van der Waals surface area contributed by atoms with E-state index in [4.69, 9.17) is 0 Å². The molecule has 0 aliphatic heterocycles. The Kier molecular flexibility index (Phi) is 13.1. The van der Waals surface area contributed by atoms with Gasteiger partial charge in [0.05, 0.1) is 0 Å².